The fourth-order valence-electron chi connectivity index (χ4n) is 3.26. The van der Waals surface area contributed by atoms with Crippen molar-refractivity contribution < 1.29 is 9.90 Å². The van der Waals surface area contributed by atoms with Gasteiger partial charge in [0.05, 0.1) is 0 Å². The lowest BCUT2D eigenvalue weighted by molar-refractivity contribution is 0.125. The van der Waals surface area contributed by atoms with E-state index < -0.39 is 6.09 Å². The molecule has 2 atom stereocenters. The molecule has 1 aromatic rings. The van der Waals surface area contributed by atoms with E-state index in [0.29, 0.717) is 12.5 Å². The topological polar surface area (TPSA) is 43.8 Å². The van der Waals surface area contributed by atoms with Crippen molar-refractivity contribution in [3.63, 3.8) is 0 Å². The summed E-state index contributed by atoms with van der Waals surface area (Å²) in [5.74, 6) is 0.517. The number of rotatable bonds is 2. The van der Waals surface area contributed by atoms with Crippen LogP contribution >= 0.6 is 0 Å². The lowest BCUT2D eigenvalue weighted by atomic mass is 9.99. The number of nitrogens with zero attached hydrogens (tertiary/aromatic N) is 2. The number of carbonyl (C=O) groups is 1. The Morgan fingerprint density at radius 1 is 1.22 bits per heavy atom. The van der Waals surface area contributed by atoms with Crippen LogP contribution in [0.4, 0.5) is 4.79 Å². The summed E-state index contributed by atoms with van der Waals surface area (Å²) in [4.78, 5) is 15.1. The van der Waals surface area contributed by atoms with Gasteiger partial charge in [-0.3, -0.25) is 4.90 Å². The molecule has 0 aliphatic carbocycles. The molecule has 18 heavy (non-hydrogen) atoms. The Morgan fingerprint density at radius 3 is 2.72 bits per heavy atom. The summed E-state index contributed by atoms with van der Waals surface area (Å²) in [6.07, 6.45) is 0.279. The largest absolute Gasteiger partial charge is 0.465 e. The minimum atomic E-state index is -0.760. The molecule has 1 N–H and O–H groups in total. The third kappa shape index (κ3) is 2.20. The molecular weight excluding hydrogens is 228 g/mol. The lowest BCUT2D eigenvalue weighted by Gasteiger charge is -2.32. The van der Waals surface area contributed by atoms with Crippen molar-refractivity contribution in [1.82, 2.24) is 9.80 Å². The molecule has 2 heterocycles. The van der Waals surface area contributed by atoms with Crippen molar-refractivity contribution in [1.29, 1.82) is 0 Å². The van der Waals surface area contributed by atoms with Gasteiger partial charge in [0.15, 0.2) is 0 Å². The summed E-state index contributed by atoms with van der Waals surface area (Å²) >= 11 is 0. The molecule has 2 bridgehead atoms. The molecule has 4 nitrogen and oxygen atoms in total. The number of amides is 1. The second-order valence-corrected chi connectivity index (χ2v) is 5.37. The van der Waals surface area contributed by atoms with Crippen LogP contribution in [-0.4, -0.2) is 46.7 Å². The van der Waals surface area contributed by atoms with Crippen LogP contribution in [0.25, 0.3) is 0 Å². The van der Waals surface area contributed by atoms with E-state index in [4.69, 9.17) is 5.11 Å². The highest BCUT2D eigenvalue weighted by molar-refractivity contribution is 5.66. The Hall–Kier alpha value is -1.55. The summed E-state index contributed by atoms with van der Waals surface area (Å²) < 4.78 is 0. The fourth-order valence-corrected chi connectivity index (χ4v) is 3.26. The molecule has 2 saturated heterocycles. The molecule has 1 aromatic carbocycles. The zero-order valence-corrected chi connectivity index (χ0v) is 10.3. The van der Waals surface area contributed by atoms with E-state index in [0.717, 1.165) is 26.1 Å². The molecule has 2 aliphatic rings. The van der Waals surface area contributed by atoms with Gasteiger partial charge in [0.25, 0.3) is 0 Å². The first kappa shape index (κ1) is 11.5. The van der Waals surface area contributed by atoms with Crippen molar-refractivity contribution in [2.75, 3.05) is 19.6 Å². The summed E-state index contributed by atoms with van der Waals surface area (Å²) in [6, 6.07) is 10.6. The van der Waals surface area contributed by atoms with E-state index in [2.05, 4.69) is 29.2 Å². The monoisotopic (exact) mass is 246 g/mol. The predicted octanol–water partition coefficient (Wildman–Crippen LogP) is 1.87. The van der Waals surface area contributed by atoms with Crippen LogP contribution in [0.15, 0.2) is 30.3 Å². The van der Waals surface area contributed by atoms with Crippen LogP contribution in [0, 0.1) is 5.92 Å². The van der Waals surface area contributed by atoms with Gasteiger partial charge >= 0.3 is 6.09 Å². The summed E-state index contributed by atoms with van der Waals surface area (Å²) in [6.45, 7) is 3.54. The number of hydrogen-bond donors (Lipinski definition) is 1. The molecule has 0 aromatic heterocycles. The molecule has 96 valence electrons. The number of fused-ring (bicyclic) bond motifs is 2. The van der Waals surface area contributed by atoms with Gasteiger partial charge in [-0.05, 0) is 17.9 Å². The highest BCUT2D eigenvalue weighted by Gasteiger charge is 2.40. The maximum Gasteiger partial charge on any atom is 0.407 e. The van der Waals surface area contributed by atoms with Crippen LogP contribution in [0.5, 0.6) is 0 Å². The number of hydrogen-bond acceptors (Lipinski definition) is 2. The third-order valence-corrected chi connectivity index (χ3v) is 3.98. The van der Waals surface area contributed by atoms with E-state index in [9.17, 15) is 4.79 Å². The van der Waals surface area contributed by atoms with Gasteiger partial charge in [-0.15, -0.1) is 0 Å². The smallest absolute Gasteiger partial charge is 0.407 e. The second kappa shape index (κ2) is 4.61. The molecule has 3 rings (SSSR count). The maximum absolute atomic E-state index is 11.1. The average Bonchev–Trinajstić information content (AvgIpc) is 2.66. The van der Waals surface area contributed by atoms with Crippen LogP contribution in [0.1, 0.15) is 12.0 Å². The van der Waals surface area contributed by atoms with Crippen LogP contribution in [0.2, 0.25) is 0 Å². The zero-order valence-electron chi connectivity index (χ0n) is 10.3. The maximum atomic E-state index is 11.1. The quantitative estimate of drug-likeness (QED) is 0.866. The van der Waals surface area contributed by atoms with Gasteiger partial charge in [-0.2, -0.15) is 0 Å². The normalized spacial score (nSPS) is 27.4. The Labute approximate surface area is 107 Å². The van der Waals surface area contributed by atoms with Gasteiger partial charge < -0.3 is 10.0 Å². The fraction of sp³-hybridized carbons (Fsp3) is 0.500. The first-order chi connectivity index (χ1) is 8.72. The van der Waals surface area contributed by atoms with E-state index in [1.54, 1.807) is 4.90 Å². The molecule has 2 fully saturated rings. The first-order valence-electron chi connectivity index (χ1n) is 6.48. The first-order valence-corrected chi connectivity index (χ1v) is 6.48. The number of benzene rings is 1. The summed E-state index contributed by atoms with van der Waals surface area (Å²) in [7, 11) is 0. The minimum absolute atomic E-state index is 0.199. The highest BCUT2D eigenvalue weighted by Crippen LogP contribution is 2.30. The molecule has 2 unspecified atom stereocenters. The van der Waals surface area contributed by atoms with Crippen molar-refractivity contribution in [3.05, 3.63) is 35.9 Å². The van der Waals surface area contributed by atoms with E-state index in [-0.39, 0.29) is 6.04 Å². The van der Waals surface area contributed by atoms with Crippen LogP contribution in [-0.2, 0) is 6.54 Å². The van der Waals surface area contributed by atoms with E-state index >= 15 is 0 Å². The van der Waals surface area contributed by atoms with Gasteiger partial charge in [0, 0.05) is 32.2 Å². The predicted molar refractivity (Wildman–Crippen MR) is 68.3 cm³/mol. The molecule has 4 heteroatoms. The third-order valence-electron chi connectivity index (χ3n) is 3.98. The molecule has 1 amide bonds. The van der Waals surface area contributed by atoms with Crippen molar-refractivity contribution in [2.45, 2.75) is 19.0 Å². The number of piperidine rings is 1. The molecular formula is C14H18N2O2. The molecule has 2 aliphatic heterocycles. The lowest BCUT2D eigenvalue weighted by Crippen LogP contribution is -2.43. The number of carboxylic acid groups (broad SMARTS) is 1. The van der Waals surface area contributed by atoms with Gasteiger partial charge in [-0.25, -0.2) is 4.79 Å². The Balaban J connectivity index is 1.66. The Kier molecular flexibility index (Phi) is 2.96. The Morgan fingerprint density at radius 2 is 2.00 bits per heavy atom. The standard InChI is InChI=1S/C14H18N2O2/c17-14(18)16-9-12-6-13(16)10-15(8-12)7-11-4-2-1-3-5-11/h1-5,12-13H,6-10H2,(H,17,18). The van der Waals surface area contributed by atoms with Crippen molar-refractivity contribution in [2.24, 2.45) is 5.92 Å². The summed E-state index contributed by atoms with van der Waals surface area (Å²) in [5, 5.41) is 9.14. The molecule has 0 radical (unpaired) electrons. The summed E-state index contributed by atoms with van der Waals surface area (Å²) in [5.41, 5.74) is 1.31. The molecule has 0 saturated carbocycles. The van der Waals surface area contributed by atoms with Crippen molar-refractivity contribution in [3.8, 4) is 0 Å². The van der Waals surface area contributed by atoms with Gasteiger partial charge in [0.1, 0.15) is 0 Å². The van der Waals surface area contributed by atoms with Crippen molar-refractivity contribution >= 4 is 6.09 Å². The number of likely N-dealkylation sites (tertiary alicyclic amines) is 2. The van der Waals surface area contributed by atoms with Gasteiger partial charge in [-0.1, -0.05) is 30.3 Å². The van der Waals surface area contributed by atoms with E-state index in [1.165, 1.54) is 5.56 Å². The minimum Gasteiger partial charge on any atom is -0.465 e. The highest BCUT2D eigenvalue weighted by atomic mass is 16.4. The van der Waals surface area contributed by atoms with Gasteiger partial charge in [0.2, 0.25) is 0 Å². The molecule has 0 spiro atoms. The van der Waals surface area contributed by atoms with E-state index in [1.807, 2.05) is 6.07 Å². The van der Waals surface area contributed by atoms with Crippen LogP contribution in [0.3, 0.4) is 0 Å². The zero-order chi connectivity index (χ0) is 12.5. The SMILES string of the molecule is O=C(O)N1CC2CC1CN(Cc1ccccc1)C2. The average molecular weight is 246 g/mol. The second-order valence-electron chi connectivity index (χ2n) is 5.37. The Bertz CT molecular complexity index is 435. The van der Waals surface area contributed by atoms with Crippen LogP contribution < -0.4 is 0 Å².